The van der Waals surface area contributed by atoms with Crippen LogP contribution < -0.4 is 0 Å². The molecule has 0 bridgehead atoms. The highest BCUT2D eigenvalue weighted by atomic mass is 35.5. The van der Waals surface area contributed by atoms with Crippen molar-refractivity contribution < 1.29 is 4.79 Å². The minimum absolute atomic E-state index is 0.0166. The number of carbonyl (C=O) groups excluding carboxylic acids is 1. The van der Waals surface area contributed by atoms with Crippen molar-refractivity contribution in [3.05, 3.63) is 63.9 Å². The number of hydrogen-bond donors (Lipinski definition) is 0. The summed E-state index contributed by atoms with van der Waals surface area (Å²) in [5.41, 5.74) is 1.83. The van der Waals surface area contributed by atoms with Crippen molar-refractivity contribution in [1.29, 1.82) is 0 Å². The van der Waals surface area contributed by atoms with Crippen molar-refractivity contribution in [3.63, 3.8) is 0 Å². The lowest BCUT2D eigenvalue weighted by atomic mass is 9.90. The molecule has 5 heteroatoms. The summed E-state index contributed by atoms with van der Waals surface area (Å²) < 4.78 is 0. The number of pyridine rings is 1. The molecule has 1 saturated heterocycles. The van der Waals surface area contributed by atoms with E-state index < -0.39 is 0 Å². The summed E-state index contributed by atoms with van der Waals surface area (Å²) in [6.07, 6.45) is 3.65. The van der Waals surface area contributed by atoms with E-state index in [-0.39, 0.29) is 5.91 Å². The first-order chi connectivity index (χ1) is 10.6. The molecule has 0 saturated carbocycles. The molecule has 1 fully saturated rings. The number of piperidine rings is 1. The van der Waals surface area contributed by atoms with Gasteiger partial charge in [-0.25, -0.2) is 4.98 Å². The maximum Gasteiger partial charge on any atom is 0.254 e. The first-order valence-corrected chi connectivity index (χ1v) is 8.05. The van der Waals surface area contributed by atoms with Gasteiger partial charge in [0.15, 0.2) is 0 Å². The fraction of sp³-hybridized carbons (Fsp3) is 0.294. The third-order valence-corrected chi connectivity index (χ3v) is 4.48. The molecule has 0 aliphatic carbocycles. The Labute approximate surface area is 139 Å². The van der Waals surface area contributed by atoms with Crippen LogP contribution in [-0.4, -0.2) is 28.9 Å². The lowest BCUT2D eigenvalue weighted by Gasteiger charge is -2.33. The van der Waals surface area contributed by atoms with Gasteiger partial charge in [0.2, 0.25) is 0 Å². The number of rotatable bonds is 2. The lowest BCUT2D eigenvalue weighted by molar-refractivity contribution is 0.0707. The van der Waals surface area contributed by atoms with Crippen molar-refractivity contribution in [2.45, 2.75) is 18.8 Å². The molecule has 114 valence electrons. The van der Waals surface area contributed by atoms with Gasteiger partial charge in [-0.05, 0) is 42.7 Å². The highest BCUT2D eigenvalue weighted by molar-refractivity contribution is 6.30. The molecule has 3 nitrogen and oxygen atoms in total. The molecular formula is C17H16Cl2N2O. The molecular weight excluding hydrogens is 319 g/mol. The molecule has 1 aromatic carbocycles. The van der Waals surface area contributed by atoms with Crippen molar-refractivity contribution >= 4 is 29.1 Å². The van der Waals surface area contributed by atoms with Crippen molar-refractivity contribution in [2.75, 3.05) is 13.1 Å². The van der Waals surface area contributed by atoms with Crippen LogP contribution in [0.4, 0.5) is 0 Å². The van der Waals surface area contributed by atoms with Crippen LogP contribution in [0.2, 0.25) is 10.2 Å². The Morgan fingerprint density at radius 2 is 1.95 bits per heavy atom. The monoisotopic (exact) mass is 334 g/mol. The molecule has 2 heterocycles. The van der Waals surface area contributed by atoms with Gasteiger partial charge in [0.05, 0.1) is 0 Å². The summed E-state index contributed by atoms with van der Waals surface area (Å²) >= 11 is 11.8. The summed E-state index contributed by atoms with van der Waals surface area (Å²) in [4.78, 5) is 18.4. The largest absolute Gasteiger partial charge is 0.338 e. The Morgan fingerprint density at radius 3 is 2.68 bits per heavy atom. The minimum Gasteiger partial charge on any atom is -0.338 e. The van der Waals surface area contributed by atoms with Crippen LogP contribution in [0.25, 0.3) is 0 Å². The zero-order valence-corrected chi connectivity index (χ0v) is 13.5. The fourth-order valence-corrected chi connectivity index (χ4v) is 3.19. The van der Waals surface area contributed by atoms with Crippen molar-refractivity contribution in [2.24, 2.45) is 0 Å². The van der Waals surface area contributed by atoms with Gasteiger partial charge in [-0.15, -0.1) is 0 Å². The number of halogens is 2. The van der Waals surface area contributed by atoms with Gasteiger partial charge in [0.25, 0.3) is 5.91 Å². The fourth-order valence-electron chi connectivity index (χ4n) is 2.89. The Bertz CT molecular complexity index is 673. The van der Waals surface area contributed by atoms with E-state index >= 15 is 0 Å². The maximum absolute atomic E-state index is 12.6. The maximum atomic E-state index is 12.6. The van der Waals surface area contributed by atoms with E-state index in [1.165, 1.54) is 5.56 Å². The summed E-state index contributed by atoms with van der Waals surface area (Å²) in [7, 11) is 0. The molecule has 0 spiro atoms. The molecule has 1 amide bonds. The smallest absolute Gasteiger partial charge is 0.254 e. The van der Waals surface area contributed by atoms with Gasteiger partial charge < -0.3 is 4.90 Å². The second-order valence-electron chi connectivity index (χ2n) is 5.51. The van der Waals surface area contributed by atoms with Crippen LogP contribution in [0.3, 0.4) is 0 Å². The van der Waals surface area contributed by atoms with Crippen LogP contribution in [0.1, 0.15) is 34.7 Å². The van der Waals surface area contributed by atoms with E-state index in [9.17, 15) is 4.79 Å². The van der Waals surface area contributed by atoms with Crippen LogP contribution in [0.5, 0.6) is 0 Å². The molecule has 0 unspecified atom stereocenters. The Hall–Kier alpha value is -1.58. The third-order valence-electron chi connectivity index (χ3n) is 4.02. The average molecular weight is 335 g/mol. The molecule has 1 aliphatic rings. The normalized spacial score (nSPS) is 18.3. The van der Waals surface area contributed by atoms with Gasteiger partial charge >= 0.3 is 0 Å². The van der Waals surface area contributed by atoms with Crippen molar-refractivity contribution in [3.8, 4) is 0 Å². The molecule has 1 atom stereocenters. The number of hydrogen-bond acceptors (Lipinski definition) is 2. The number of benzene rings is 1. The van der Waals surface area contributed by atoms with Crippen LogP contribution in [0, 0.1) is 0 Å². The number of likely N-dealkylation sites (tertiary alicyclic amines) is 1. The van der Waals surface area contributed by atoms with E-state index in [0.717, 1.165) is 31.0 Å². The van der Waals surface area contributed by atoms with E-state index in [2.05, 4.69) is 4.98 Å². The minimum atomic E-state index is 0.0166. The van der Waals surface area contributed by atoms with E-state index in [4.69, 9.17) is 23.2 Å². The predicted octanol–water partition coefficient (Wildman–Crippen LogP) is 4.41. The first-order valence-electron chi connectivity index (χ1n) is 7.30. The number of carbonyl (C=O) groups is 1. The summed E-state index contributed by atoms with van der Waals surface area (Å²) in [5, 5.41) is 1.08. The Morgan fingerprint density at radius 1 is 1.18 bits per heavy atom. The SMILES string of the molecule is O=C(c1ccnc(Cl)c1)N1CCC[C@H](c2ccc(Cl)cc2)C1. The molecule has 0 N–H and O–H groups in total. The standard InChI is InChI=1S/C17H16Cl2N2O/c18-15-5-3-12(4-6-15)14-2-1-9-21(11-14)17(22)13-7-8-20-16(19)10-13/h3-8,10,14H,1-2,9,11H2/t14-/m0/s1. The lowest BCUT2D eigenvalue weighted by Crippen LogP contribution is -2.39. The number of nitrogens with zero attached hydrogens (tertiary/aromatic N) is 2. The number of aromatic nitrogens is 1. The second kappa shape index (κ2) is 6.67. The van der Waals surface area contributed by atoms with E-state index in [1.54, 1.807) is 18.3 Å². The van der Waals surface area contributed by atoms with Gasteiger partial charge in [-0.1, -0.05) is 35.3 Å². The molecule has 1 aliphatic heterocycles. The van der Waals surface area contributed by atoms with Gasteiger partial charge in [0.1, 0.15) is 5.15 Å². The van der Waals surface area contributed by atoms with Crippen LogP contribution >= 0.6 is 23.2 Å². The summed E-state index contributed by atoms with van der Waals surface area (Å²) in [6.45, 7) is 1.50. The molecule has 2 aromatic rings. The van der Waals surface area contributed by atoms with Gasteiger partial charge in [0, 0.05) is 35.8 Å². The second-order valence-corrected chi connectivity index (χ2v) is 6.33. The third kappa shape index (κ3) is 3.42. The topological polar surface area (TPSA) is 33.2 Å². The summed E-state index contributed by atoms with van der Waals surface area (Å²) in [5.74, 6) is 0.371. The molecule has 22 heavy (non-hydrogen) atoms. The van der Waals surface area contributed by atoms with Crippen LogP contribution in [0.15, 0.2) is 42.6 Å². The zero-order chi connectivity index (χ0) is 15.5. The molecule has 1 aromatic heterocycles. The highest BCUT2D eigenvalue weighted by Crippen LogP contribution is 2.28. The Kier molecular flexibility index (Phi) is 4.65. The first kappa shape index (κ1) is 15.3. The van der Waals surface area contributed by atoms with Crippen molar-refractivity contribution in [1.82, 2.24) is 9.88 Å². The zero-order valence-electron chi connectivity index (χ0n) is 12.0. The summed E-state index contributed by atoms with van der Waals surface area (Å²) in [6, 6.07) is 11.2. The molecule has 3 rings (SSSR count). The predicted molar refractivity (Wildman–Crippen MR) is 88.6 cm³/mol. The van der Waals surface area contributed by atoms with Gasteiger partial charge in [-0.2, -0.15) is 0 Å². The van der Waals surface area contributed by atoms with Gasteiger partial charge in [-0.3, -0.25) is 4.79 Å². The number of amides is 1. The van der Waals surface area contributed by atoms with E-state index in [1.807, 2.05) is 29.2 Å². The molecule has 0 radical (unpaired) electrons. The van der Waals surface area contributed by atoms with Crippen LogP contribution in [-0.2, 0) is 0 Å². The highest BCUT2D eigenvalue weighted by Gasteiger charge is 2.25. The van der Waals surface area contributed by atoms with E-state index in [0.29, 0.717) is 16.6 Å². The average Bonchev–Trinajstić information content (AvgIpc) is 2.55. The Balaban J connectivity index is 1.75. The quantitative estimate of drug-likeness (QED) is 0.762.